The van der Waals surface area contributed by atoms with Crippen LogP contribution in [0.4, 0.5) is 16.5 Å². The summed E-state index contributed by atoms with van der Waals surface area (Å²) < 4.78 is 35.8. The number of fused-ring (bicyclic) bond motifs is 1. The van der Waals surface area contributed by atoms with Crippen LogP contribution in [0.2, 0.25) is 0 Å². The molecule has 0 fully saturated rings. The minimum absolute atomic E-state index is 0.0304. The van der Waals surface area contributed by atoms with Crippen LogP contribution >= 0.6 is 11.3 Å². The molecule has 0 atom stereocenters. The van der Waals surface area contributed by atoms with Crippen molar-refractivity contribution >= 4 is 48.2 Å². The maximum Gasteiger partial charge on any atom is 0.297 e. The summed E-state index contributed by atoms with van der Waals surface area (Å²) in [5, 5.41) is 9.03. The van der Waals surface area contributed by atoms with Crippen molar-refractivity contribution in [3.63, 3.8) is 0 Å². The van der Waals surface area contributed by atoms with Gasteiger partial charge >= 0.3 is 0 Å². The Morgan fingerprint density at radius 2 is 1.84 bits per heavy atom. The fourth-order valence-electron chi connectivity index (χ4n) is 4.69. The monoisotopic (exact) mass is 470 g/mol. The molecule has 3 heterocycles. The van der Waals surface area contributed by atoms with Crippen molar-refractivity contribution in [3.8, 4) is 0 Å². The second-order valence-corrected chi connectivity index (χ2v) is 11.9. The summed E-state index contributed by atoms with van der Waals surface area (Å²) in [6, 6.07) is 7.94. The third-order valence-electron chi connectivity index (χ3n) is 6.20. The molecule has 168 valence electrons. The van der Waals surface area contributed by atoms with Gasteiger partial charge in [0.2, 0.25) is 5.13 Å². The predicted molar refractivity (Wildman–Crippen MR) is 128 cm³/mol. The lowest BCUT2D eigenvalue weighted by molar-refractivity contribution is 0.481. The molecule has 32 heavy (non-hydrogen) atoms. The fourth-order valence-corrected chi connectivity index (χ4v) is 6.39. The predicted octanol–water partition coefficient (Wildman–Crippen LogP) is 5.95. The Kier molecular flexibility index (Phi) is 5.11. The van der Waals surface area contributed by atoms with Gasteiger partial charge in [0, 0.05) is 18.8 Å². The zero-order chi connectivity index (χ0) is 22.7. The molecule has 0 radical (unpaired) electrons. The largest absolute Gasteiger partial charge is 0.371 e. The lowest BCUT2D eigenvalue weighted by atomic mass is 9.87. The normalized spacial score (nSPS) is 16.7. The summed E-state index contributed by atoms with van der Waals surface area (Å²) in [5.41, 5.74) is 4.98. The van der Waals surface area contributed by atoms with Crippen molar-refractivity contribution in [2.75, 3.05) is 18.0 Å². The van der Waals surface area contributed by atoms with Crippen LogP contribution in [0, 0.1) is 0 Å². The van der Waals surface area contributed by atoms with Crippen molar-refractivity contribution in [1.82, 2.24) is 4.98 Å². The molecule has 1 aromatic heterocycles. The highest BCUT2D eigenvalue weighted by atomic mass is 32.2. The minimum atomic E-state index is -4.45. The van der Waals surface area contributed by atoms with Gasteiger partial charge in [0.05, 0.1) is 10.2 Å². The first kappa shape index (κ1) is 21.5. The zero-order valence-electron chi connectivity index (χ0n) is 18.4. The van der Waals surface area contributed by atoms with Gasteiger partial charge < -0.3 is 4.90 Å². The van der Waals surface area contributed by atoms with E-state index in [0.29, 0.717) is 17.1 Å². The molecule has 0 bridgehead atoms. The van der Waals surface area contributed by atoms with Crippen molar-refractivity contribution in [2.45, 2.75) is 56.8 Å². The summed E-state index contributed by atoms with van der Waals surface area (Å²) in [4.78, 5) is 6.66. The van der Waals surface area contributed by atoms with Crippen LogP contribution in [-0.4, -0.2) is 31.0 Å². The average Bonchev–Trinajstić information content (AvgIpc) is 3.13. The quantitative estimate of drug-likeness (QED) is 0.377. The van der Waals surface area contributed by atoms with Crippen LogP contribution in [0.3, 0.4) is 0 Å². The maximum absolute atomic E-state index is 12.4. The van der Waals surface area contributed by atoms with E-state index in [1.165, 1.54) is 16.9 Å². The summed E-state index contributed by atoms with van der Waals surface area (Å²) in [5.74, 6) is 0. The van der Waals surface area contributed by atoms with E-state index in [1.807, 2.05) is 6.07 Å². The molecule has 0 unspecified atom stereocenters. The molecular formula is C23H26N4O3S2. The molecule has 0 saturated heterocycles. The van der Waals surface area contributed by atoms with Gasteiger partial charge in [-0.3, -0.25) is 4.55 Å². The summed E-state index contributed by atoms with van der Waals surface area (Å²) in [7, 11) is -4.45. The molecular weight excluding hydrogens is 444 g/mol. The highest BCUT2D eigenvalue weighted by Gasteiger charge is 2.32. The standard InChI is InChI=1S/C23H26N4O3S2/c1-23(2,3)15-8-9-17-19(13-15)31-22(24-17)26-25-18-12-14-6-4-10-27-11-5-7-16(20(14)27)21(18)32(28,29)30/h8-9,12-13H,4-7,10-11H2,1-3H3,(H,28,29,30). The second-order valence-electron chi connectivity index (χ2n) is 9.51. The van der Waals surface area contributed by atoms with Crippen LogP contribution < -0.4 is 4.90 Å². The summed E-state index contributed by atoms with van der Waals surface area (Å²) in [6.45, 7) is 8.31. The van der Waals surface area contributed by atoms with Gasteiger partial charge in [-0.25, -0.2) is 4.98 Å². The molecule has 5 rings (SSSR count). The molecule has 0 spiro atoms. The van der Waals surface area contributed by atoms with Gasteiger partial charge in [-0.1, -0.05) is 38.2 Å². The van der Waals surface area contributed by atoms with Crippen LogP contribution in [0.15, 0.2) is 39.4 Å². The van der Waals surface area contributed by atoms with Crippen LogP contribution in [0.5, 0.6) is 0 Å². The van der Waals surface area contributed by atoms with E-state index >= 15 is 0 Å². The van der Waals surface area contributed by atoms with E-state index in [-0.39, 0.29) is 16.0 Å². The number of anilines is 1. The van der Waals surface area contributed by atoms with E-state index in [9.17, 15) is 13.0 Å². The van der Waals surface area contributed by atoms with E-state index in [4.69, 9.17) is 0 Å². The van der Waals surface area contributed by atoms with E-state index in [0.717, 1.165) is 53.8 Å². The fraction of sp³-hybridized carbons (Fsp3) is 0.435. The Balaban J connectivity index is 1.60. The van der Waals surface area contributed by atoms with Crippen LogP contribution in [-0.2, 0) is 28.4 Å². The van der Waals surface area contributed by atoms with E-state index in [1.54, 1.807) is 6.07 Å². The molecule has 3 aromatic rings. The number of benzene rings is 2. The topological polar surface area (TPSA) is 95.2 Å². The van der Waals surface area contributed by atoms with Crippen molar-refractivity contribution in [3.05, 3.63) is 41.0 Å². The number of thiazole rings is 1. The van der Waals surface area contributed by atoms with Crippen molar-refractivity contribution in [1.29, 1.82) is 0 Å². The second kappa shape index (κ2) is 7.60. The lowest BCUT2D eigenvalue weighted by Gasteiger charge is -2.37. The molecule has 0 saturated carbocycles. The molecule has 0 aliphatic carbocycles. The van der Waals surface area contributed by atoms with Gasteiger partial charge in [-0.15, -0.1) is 10.2 Å². The number of aromatic nitrogens is 1. The number of azo groups is 1. The smallest absolute Gasteiger partial charge is 0.297 e. The highest BCUT2D eigenvalue weighted by Crippen LogP contribution is 2.44. The maximum atomic E-state index is 12.4. The van der Waals surface area contributed by atoms with Gasteiger partial charge in [0.25, 0.3) is 10.1 Å². The van der Waals surface area contributed by atoms with Gasteiger partial charge in [-0.05, 0) is 66.0 Å². The summed E-state index contributed by atoms with van der Waals surface area (Å²) in [6.07, 6.45) is 3.34. The highest BCUT2D eigenvalue weighted by molar-refractivity contribution is 7.86. The van der Waals surface area contributed by atoms with Crippen LogP contribution in [0.25, 0.3) is 10.2 Å². The minimum Gasteiger partial charge on any atom is -0.371 e. The number of hydrogen-bond acceptors (Lipinski definition) is 7. The molecule has 0 amide bonds. The van der Waals surface area contributed by atoms with Gasteiger partial charge in [0.1, 0.15) is 10.6 Å². The molecule has 2 aromatic carbocycles. The first-order chi connectivity index (χ1) is 15.1. The Hall–Kier alpha value is -2.36. The Morgan fingerprint density at radius 1 is 1.09 bits per heavy atom. The third-order valence-corrected chi connectivity index (χ3v) is 8.07. The molecule has 9 heteroatoms. The van der Waals surface area contributed by atoms with Crippen LogP contribution in [0.1, 0.15) is 50.3 Å². The third kappa shape index (κ3) is 3.82. The molecule has 2 aliphatic heterocycles. The van der Waals surface area contributed by atoms with E-state index < -0.39 is 10.1 Å². The lowest BCUT2D eigenvalue weighted by Crippen LogP contribution is -2.35. The van der Waals surface area contributed by atoms with Gasteiger partial charge in [0.15, 0.2) is 0 Å². The Morgan fingerprint density at radius 3 is 2.56 bits per heavy atom. The molecule has 7 nitrogen and oxygen atoms in total. The summed E-state index contributed by atoms with van der Waals surface area (Å²) >= 11 is 1.42. The first-order valence-corrected chi connectivity index (χ1v) is 13.1. The number of rotatable bonds is 3. The van der Waals surface area contributed by atoms with Gasteiger partial charge in [-0.2, -0.15) is 8.42 Å². The first-order valence-electron chi connectivity index (χ1n) is 10.9. The number of aryl methyl sites for hydroxylation is 1. The van der Waals surface area contributed by atoms with Crippen molar-refractivity contribution < 1.29 is 13.0 Å². The SMILES string of the molecule is CC(C)(C)c1ccc2nc(N=Nc3cc4c5c(c3S(=O)(=O)O)CCCN5CCC4)sc2c1. The van der Waals surface area contributed by atoms with E-state index in [2.05, 4.69) is 53.0 Å². The number of nitrogens with zero attached hydrogens (tertiary/aromatic N) is 4. The Labute approximate surface area is 192 Å². The van der Waals surface area contributed by atoms with Crippen molar-refractivity contribution in [2.24, 2.45) is 10.2 Å². The zero-order valence-corrected chi connectivity index (χ0v) is 20.1. The Bertz CT molecular complexity index is 1350. The number of hydrogen-bond donors (Lipinski definition) is 1. The average molecular weight is 471 g/mol. The molecule has 1 N–H and O–H groups in total. The molecule has 2 aliphatic rings.